The summed E-state index contributed by atoms with van der Waals surface area (Å²) in [5.74, 6) is -1.04. The van der Waals surface area contributed by atoms with Gasteiger partial charge in [-0.15, -0.1) is 0 Å². The molecule has 0 saturated carbocycles. The summed E-state index contributed by atoms with van der Waals surface area (Å²) in [6, 6.07) is 11.2. The Hall–Kier alpha value is -3.69. The Kier molecular flexibility index (Phi) is 7.24. The second kappa shape index (κ2) is 10.1. The van der Waals surface area contributed by atoms with Crippen molar-refractivity contribution >= 4 is 11.9 Å². The van der Waals surface area contributed by atoms with Crippen LogP contribution in [0.3, 0.4) is 0 Å². The first kappa shape index (κ1) is 23.0. The van der Waals surface area contributed by atoms with Gasteiger partial charge >= 0.3 is 12.1 Å². The van der Waals surface area contributed by atoms with Crippen LogP contribution in [0.1, 0.15) is 34.0 Å². The normalized spacial score (nSPS) is 11.2. The van der Waals surface area contributed by atoms with Crippen LogP contribution in [-0.2, 0) is 28.8 Å². The molecule has 0 radical (unpaired) electrons. The van der Waals surface area contributed by atoms with Crippen molar-refractivity contribution in [2.75, 3.05) is 13.2 Å². The molecule has 1 aromatic heterocycles. The van der Waals surface area contributed by atoms with E-state index < -0.39 is 23.6 Å². The molecule has 0 spiro atoms. The number of amides is 1. The topological polar surface area (TPSA) is 77.3 Å². The Morgan fingerprint density at radius 3 is 2.25 bits per heavy atom. The minimum Gasteiger partial charge on any atom is -0.465 e. The fraction of sp³-hybridized carbons (Fsp3) is 0.273. The molecule has 0 N–H and O–H groups in total. The summed E-state index contributed by atoms with van der Waals surface area (Å²) in [5, 5.41) is 4.02. The fourth-order valence-corrected chi connectivity index (χ4v) is 3.02. The van der Waals surface area contributed by atoms with Gasteiger partial charge in [0.25, 0.3) is 5.91 Å². The molecule has 3 aromatic rings. The van der Waals surface area contributed by atoms with E-state index in [2.05, 4.69) is 10.1 Å². The molecule has 0 aliphatic rings. The monoisotopic (exact) mass is 446 g/mol. The van der Waals surface area contributed by atoms with Crippen LogP contribution >= 0.6 is 0 Å². The molecule has 10 heteroatoms. The van der Waals surface area contributed by atoms with E-state index in [-0.39, 0.29) is 19.7 Å². The van der Waals surface area contributed by atoms with Crippen LogP contribution in [0.2, 0.25) is 0 Å². The van der Waals surface area contributed by atoms with Crippen molar-refractivity contribution in [1.29, 1.82) is 0 Å². The van der Waals surface area contributed by atoms with E-state index in [1.807, 2.05) is 0 Å². The molecule has 1 amide bonds. The van der Waals surface area contributed by atoms with Crippen LogP contribution in [0.4, 0.5) is 13.2 Å². The third kappa shape index (κ3) is 6.16. The largest absolute Gasteiger partial charge is 0.465 e. The fourth-order valence-electron chi connectivity index (χ4n) is 3.02. The Morgan fingerprint density at radius 2 is 1.69 bits per heavy atom. The number of carbonyl (C=O) groups excluding carboxylic acids is 2. The molecule has 168 valence electrons. The summed E-state index contributed by atoms with van der Waals surface area (Å²) in [6.45, 7) is 1.91. The van der Waals surface area contributed by atoms with Crippen LogP contribution in [0.5, 0.6) is 0 Å². The molecule has 0 unspecified atom stereocenters. The number of rotatable bonds is 8. The summed E-state index contributed by atoms with van der Waals surface area (Å²) in [4.78, 5) is 30.2. The van der Waals surface area contributed by atoms with Crippen molar-refractivity contribution < 1.29 is 27.5 Å². The van der Waals surface area contributed by atoms with Gasteiger partial charge in [0.1, 0.15) is 19.2 Å². The lowest BCUT2D eigenvalue weighted by Gasteiger charge is -2.22. The Morgan fingerprint density at radius 1 is 1.03 bits per heavy atom. The van der Waals surface area contributed by atoms with E-state index in [0.717, 1.165) is 17.7 Å². The number of hydrogen-bond acceptors (Lipinski definition) is 5. The van der Waals surface area contributed by atoms with E-state index in [9.17, 15) is 22.8 Å². The average Bonchev–Trinajstić information content (AvgIpc) is 3.26. The number of ether oxygens (including phenoxy) is 1. The minimum absolute atomic E-state index is 0.0451. The Labute approximate surface area is 182 Å². The highest BCUT2D eigenvalue weighted by Crippen LogP contribution is 2.29. The molecular formula is C22H21F3N4O3. The van der Waals surface area contributed by atoms with E-state index in [0.29, 0.717) is 17.7 Å². The smallest absolute Gasteiger partial charge is 0.416 e. The van der Waals surface area contributed by atoms with Gasteiger partial charge < -0.3 is 9.64 Å². The van der Waals surface area contributed by atoms with Crippen molar-refractivity contribution in [3.05, 3.63) is 83.4 Å². The zero-order valence-corrected chi connectivity index (χ0v) is 17.2. The van der Waals surface area contributed by atoms with Gasteiger partial charge in [-0.25, -0.2) is 9.67 Å². The van der Waals surface area contributed by atoms with Crippen LogP contribution < -0.4 is 0 Å². The molecule has 32 heavy (non-hydrogen) atoms. The Bertz CT molecular complexity index is 1030. The molecule has 0 atom stereocenters. The lowest BCUT2D eigenvalue weighted by Crippen LogP contribution is -2.36. The summed E-state index contributed by atoms with van der Waals surface area (Å²) < 4.78 is 45.0. The standard InChI is InChI=1S/C22H21F3N4O3/c1-2-32-20(30)13-28(11-16-5-9-19(10-6-16)22(23,24)25)21(31)18-7-3-17(4-8-18)12-29-15-26-14-27-29/h3-10,14-15H,2,11-13H2,1H3. The first-order chi connectivity index (χ1) is 15.3. The maximum Gasteiger partial charge on any atom is 0.416 e. The van der Waals surface area contributed by atoms with Gasteiger partial charge in [0.05, 0.1) is 18.7 Å². The average molecular weight is 446 g/mol. The predicted octanol–water partition coefficient (Wildman–Crippen LogP) is 3.55. The second-order valence-electron chi connectivity index (χ2n) is 6.95. The number of nitrogens with zero attached hydrogens (tertiary/aromatic N) is 4. The number of hydrogen-bond donors (Lipinski definition) is 0. The third-order valence-corrected chi connectivity index (χ3v) is 4.58. The van der Waals surface area contributed by atoms with Crippen LogP contribution in [0.15, 0.2) is 61.2 Å². The van der Waals surface area contributed by atoms with E-state index in [1.54, 1.807) is 42.2 Å². The zero-order chi connectivity index (χ0) is 23.1. The predicted molar refractivity (Wildman–Crippen MR) is 108 cm³/mol. The SMILES string of the molecule is CCOC(=O)CN(Cc1ccc(C(F)(F)F)cc1)C(=O)c1ccc(Cn2cncn2)cc1. The molecule has 7 nitrogen and oxygen atoms in total. The lowest BCUT2D eigenvalue weighted by atomic mass is 10.1. The van der Waals surface area contributed by atoms with Crippen LogP contribution in [-0.4, -0.2) is 44.7 Å². The van der Waals surface area contributed by atoms with Gasteiger partial charge in [-0.2, -0.15) is 18.3 Å². The third-order valence-electron chi connectivity index (χ3n) is 4.58. The maximum absolute atomic E-state index is 13.1. The van der Waals surface area contributed by atoms with E-state index >= 15 is 0 Å². The highest BCUT2D eigenvalue weighted by Gasteiger charge is 2.30. The molecule has 0 saturated heterocycles. The summed E-state index contributed by atoms with van der Waals surface area (Å²) >= 11 is 0. The number of alkyl halides is 3. The molecular weight excluding hydrogens is 425 g/mol. The highest BCUT2D eigenvalue weighted by atomic mass is 19.4. The van der Waals surface area contributed by atoms with Gasteiger partial charge in [0, 0.05) is 12.1 Å². The van der Waals surface area contributed by atoms with Gasteiger partial charge in [-0.3, -0.25) is 9.59 Å². The number of esters is 1. The van der Waals surface area contributed by atoms with E-state index in [4.69, 9.17) is 4.74 Å². The first-order valence-electron chi connectivity index (χ1n) is 9.78. The summed E-state index contributed by atoms with van der Waals surface area (Å²) in [5.41, 5.74) is 0.904. The Balaban J connectivity index is 1.76. The quantitative estimate of drug-likeness (QED) is 0.495. The van der Waals surface area contributed by atoms with Crippen LogP contribution in [0, 0.1) is 0 Å². The van der Waals surface area contributed by atoms with Gasteiger partial charge in [0.15, 0.2) is 0 Å². The van der Waals surface area contributed by atoms with Crippen LogP contribution in [0.25, 0.3) is 0 Å². The van der Waals surface area contributed by atoms with Crippen molar-refractivity contribution in [1.82, 2.24) is 19.7 Å². The molecule has 0 fully saturated rings. The molecule has 0 bridgehead atoms. The zero-order valence-electron chi connectivity index (χ0n) is 17.2. The van der Waals surface area contributed by atoms with Gasteiger partial charge in [-0.1, -0.05) is 24.3 Å². The number of halogens is 3. The highest BCUT2D eigenvalue weighted by molar-refractivity contribution is 5.96. The van der Waals surface area contributed by atoms with Crippen molar-refractivity contribution in [3.8, 4) is 0 Å². The molecule has 1 heterocycles. The lowest BCUT2D eigenvalue weighted by molar-refractivity contribution is -0.144. The second-order valence-corrected chi connectivity index (χ2v) is 6.95. The molecule has 3 rings (SSSR count). The summed E-state index contributed by atoms with van der Waals surface area (Å²) in [6.07, 6.45) is -1.45. The maximum atomic E-state index is 13.1. The van der Waals surface area contributed by atoms with Crippen molar-refractivity contribution in [2.24, 2.45) is 0 Å². The number of benzene rings is 2. The molecule has 2 aromatic carbocycles. The number of aromatic nitrogens is 3. The molecule has 0 aliphatic carbocycles. The minimum atomic E-state index is -4.45. The molecule has 0 aliphatic heterocycles. The van der Waals surface area contributed by atoms with Crippen molar-refractivity contribution in [3.63, 3.8) is 0 Å². The van der Waals surface area contributed by atoms with Gasteiger partial charge in [0.2, 0.25) is 0 Å². The van der Waals surface area contributed by atoms with Gasteiger partial charge in [-0.05, 0) is 42.3 Å². The number of carbonyl (C=O) groups is 2. The van der Waals surface area contributed by atoms with Crippen molar-refractivity contribution in [2.45, 2.75) is 26.2 Å². The summed E-state index contributed by atoms with van der Waals surface area (Å²) in [7, 11) is 0. The first-order valence-corrected chi connectivity index (χ1v) is 9.78. The van der Waals surface area contributed by atoms with E-state index in [1.165, 1.54) is 23.4 Å².